The minimum atomic E-state index is -0.125. The minimum absolute atomic E-state index is 0.111. The van der Waals surface area contributed by atoms with Crippen molar-refractivity contribution in [3.8, 4) is 0 Å². The van der Waals surface area contributed by atoms with Crippen molar-refractivity contribution in [3.05, 3.63) is 24.3 Å². The molecule has 0 unspecified atom stereocenters. The van der Waals surface area contributed by atoms with Crippen molar-refractivity contribution >= 4 is 23.3 Å². The smallest absolute Gasteiger partial charge is 0.321 e. The molecule has 96 valence electrons. The monoisotopic (exact) mass is 248 g/mol. The fraction of sp³-hybridized carbons (Fsp3) is 0.333. The van der Waals surface area contributed by atoms with E-state index in [-0.39, 0.29) is 18.4 Å². The Morgan fingerprint density at radius 3 is 3.00 bits per heavy atom. The Labute approximate surface area is 105 Å². The lowest BCUT2D eigenvalue weighted by Gasteiger charge is -2.15. The van der Waals surface area contributed by atoms with Gasteiger partial charge in [-0.15, -0.1) is 0 Å². The molecule has 0 spiro atoms. The molecule has 3 amide bonds. The molecule has 1 fully saturated rings. The Hall–Kier alpha value is -2.08. The molecule has 1 saturated heterocycles. The molecule has 0 aliphatic carbocycles. The van der Waals surface area contributed by atoms with Crippen molar-refractivity contribution in [1.82, 2.24) is 5.32 Å². The van der Waals surface area contributed by atoms with Crippen LogP contribution in [-0.2, 0) is 4.79 Å². The maximum Gasteiger partial charge on any atom is 0.321 e. The van der Waals surface area contributed by atoms with E-state index in [4.69, 9.17) is 5.73 Å². The molecular weight excluding hydrogens is 232 g/mol. The summed E-state index contributed by atoms with van der Waals surface area (Å²) in [6, 6.07) is 7.09. The molecule has 1 aromatic rings. The summed E-state index contributed by atoms with van der Waals surface area (Å²) in [6.45, 7) is 1.60. The summed E-state index contributed by atoms with van der Waals surface area (Å²) in [5.74, 6) is -0.125. The van der Waals surface area contributed by atoms with Crippen molar-refractivity contribution in [2.24, 2.45) is 5.73 Å². The van der Waals surface area contributed by atoms with Crippen molar-refractivity contribution in [3.63, 3.8) is 0 Å². The molecule has 0 saturated carbocycles. The van der Waals surface area contributed by atoms with Gasteiger partial charge < -0.3 is 16.4 Å². The first kappa shape index (κ1) is 12.4. The Morgan fingerprint density at radius 1 is 1.50 bits per heavy atom. The predicted octanol–water partition coefficient (Wildman–Crippen LogP) is 0.503. The van der Waals surface area contributed by atoms with Crippen LogP contribution in [0.5, 0.6) is 0 Å². The van der Waals surface area contributed by atoms with Gasteiger partial charge in [-0.25, -0.2) is 4.79 Å². The molecule has 1 aliphatic rings. The first-order chi connectivity index (χ1) is 8.70. The highest BCUT2D eigenvalue weighted by atomic mass is 16.2. The highest BCUT2D eigenvalue weighted by Crippen LogP contribution is 2.20. The highest BCUT2D eigenvalue weighted by Gasteiger charge is 2.21. The maximum atomic E-state index is 11.5. The number of nitrogens with one attached hydrogen (secondary N) is 2. The van der Waals surface area contributed by atoms with Crippen LogP contribution in [0.2, 0.25) is 0 Å². The van der Waals surface area contributed by atoms with Crippen molar-refractivity contribution in [2.75, 3.05) is 29.9 Å². The van der Waals surface area contributed by atoms with Gasteiger partial charge in [-0.3, -0.25) is 9.69 Å². The van der Waals surface area contributed by atoms with E-state index >= 15 is 0 Å². The normalized spacial score (nSPS) is 14.5. The number of nitrogens with two attached hydrogens (primary N) is 1. The molecule has 4 N–H and O–H groups in total. The molecule has 1 aliphatic heterocycles. The SMILES string of the molecule is NCCC(=O)Nc1cccc(N2CCNC2=O)c1. The van der Waals surface area contributed by atoms with Gasteiger partial charge in [-0.05, 0) is 18.2 Å². The Kier molecular flexibility index (Phi) is 3.78. The second kappa shape index (κ2) is 5.50. The van der Waals surface area contributed by atoms with Gasteiger partial charge in [0.1, 0.15) is 0 Å². The van der Waals surface area contributed by atoms with E-state index in [1.807, 2.05) is 6.07 Å². The number of rotatable bonds is 4. The second-order valence-corrected chi connectivity index (χ2v) is 4.02. The molecule has 2 rings (SSSR count). The van der Waals surface area contributed by atoms with Gasteiger partial charge in [0, 0.05) is 37.4 Å². The van der Waals surface area contributed by atoms with Crippen LogP contribution in [0.3, 0.4) is 0 Å². The van der Waals surface area contributed by atoms with E-state index in [1.54, 1.807) is 23.1 Å². The lowest BCUT2D eigenvalue weighted by atomic mass is 10.2. The average molecular weight is 248 g/mol. The molecule has 6 heteroatoms. The van der Waals surface area contributed by atoms with E-state index in [1.165, 1.54) is 0 Å². The zero-order valence-corrected chi connectivity index (χ0v) is 9.98. The number of carbonyl (C=O) groups excluding carboxylic acids is 2. The van der Waals surface area contributed by atoms with Gasteiger partial charge in [0.25, 0.3) is 0 Å². The van der Waals surface area contributed by atoms with Crippen LogP contribution in [0.1, 0.15) is 6.42 Å². The third kappa shape index (κ3) is 2.78. The predicted molar refractivity (Wildman–Crippen MR) is 69.5 cm³/mol. The summed E-state index contributed by atoms with van der Waals surface area (Å²) >= 11 is 0. The third-order valence-corrected chi connectivity index (χ3v) is 2.67. The van der Waals surface area contributed by atoms with E-state index in [9.17, 15) is 9.59 Å². The molecule has 0 aromatic heterocycles. The molecule has 0 bridgehead atoms. The number of amides is 3. The fourth-order valence-corrected chi connectivity index (χ4v) is 1.82. The van der Waals surface area contributed by atoms with Gasteiger partial charge in [0.15, 0.2) is 0 Å². The van der Waals surface area contributed by atoms with E-state index in [2.05, 4.69) is 10.6 Å². The fourth-order valence-electron chi connectivity index (χ4n) is 1.82. The molecule has 0 atom stereocenters. The highest BCUT2D eigenvalue weighted by molar-refractivity contribution is 5.96. The number of nitrogens with zero attached hydrogens (tertiary/aromatic N) is 1. The van der Waals surface area contributed by atoms with Crippen LogP contribution in [-0.4, -0.2) is 31.6 Å². The first-order valence-electron chi connectivity index (χ1n) is 5.86. The van der Waals surface area contributed by atoms with E-state index in [0.717, 1.165) is 5.69 Å². The molecular formula is C12H16N4O2. The average Bonchev–Trinajstić information content (AvgIpc) is 2.76. The minimum Gasteiger partial charge on any atom is -0.336 e. The van der Waals surface area contributed by atoms with Crippen LogP contribution < -0.4 is 21.3 Å². The quantitative estimate of drug-likeness (QED) is 0.725. The van der Waals surface area contributed by atoms with Gasteiger partial charge in [0.05, 0.1) is 0 Å². The van der Waals surface area contributed by atoms with Crippen LogP contribution in [0, 0.1) is 0 Å². The maximum absolute atomic E-state index is 11.5. The summed E-state index contributed by atoms with van der Waals surface area (Å²) in [5.41, 5.74) is 6.75. The van der Waals surface area contributed by atoms with Crippen molar-refractivity contribution in [1.29, 1.82) is 0 Å². The summed E-state index contributed by atoms with van der Waals surface area (Å²) in [6.07, 6.45) is 0.286. The number of anilines is 2. The standard InChI is InChI=1S/C12H16N4O2/c13-5-4-11(17)15-9-2-1-3-10(8-9)16-7-6-14-12(16)18/h1-3,8H,4-7,13H2,(H,14,18)(H,15,17). The third-order valence-electron chi connectivity index (χ3n) is 2.67. The van der Waals surface area contributed by atoms with Crippen LogP contribution >= 0.6 is 0 Å². The summed E-state index contributed by atoms with van der Waals surface area (Å²) in [5, 5.41) is 5.48. The Bertz CT molecular complexity index is 461. The van der Waals surface area contributed by atoms with E-state index in [0.29, 0.717) is 25.3 Å². The number of hydrogen-bond acceptors (Lipinski definition) is 3. The van der Waals surface area contributed by atoms with Crippen molar-refractivity contribution < 1.29 is 9.59 Å². The van der Waals surface area contributed by atoms with Gasteiger partial charge in [-0.2, -0.15) is 0 Å². The Balaban J connectivity index is 2.10. The molecule has 1 heterocycles. The zero-order valence-electron chi connectivity index (χ0n) is 9.98. The van der Waals surface area contributed by atoms with Gasteiger partial charge in [-0.1, -0.05) is 6.07 Å². The molecule has 18 heavy (non-hydrogen) atoms. The first-order valence-corrected chi connectivity index (χ1v) is 5.86. The zero-order chi connectivity index (χ0) is 13.0. The molecule has 0 radical (unpaired) electrons. The number of benzene rings is 1. The number of carbonyl (C=O) groups is 2. The van der Waals surface area contributed by atoms with Gasteiger partial charge in [0.2, 0.25) is 5.91 Å². The lowest BCUT2D eigenvalue weighted by Crippen LogP contribution is -2.27. The topological polar surface area (TPSA) is 87.5 Å². The summed E-state index contributed by atoms with van der Waals surface area (Å²) in [4.78, 5) is 24.6. The number of hydrogen-bond donors (Lipinski definition) is 3. The largest absolute Gasteiger partial charge is 0.336 e. The van der Waals surface area contributed by atoms with E-state index < -0.39 is 0 Å². The molecule has 6 nitrogen and oxygen atoms in total. The summed E-state index contributed by atoms with van der Waals surface area (Å²) < 4.78 is 0. The molecule has 1 aromatic carbocycles. The lowest BCUT2D eigenvalue weighted by molar-refractivity contribution is -0.116. The van der Waals surface area contributed by atoms with Crippen LogP contribution in [0.4, 0.5) is 16.2 Å². The Morgan fingerprint density at radius 2 is 2.33 bits per heavy atom. The van der Waals surface area contributed by atoms with Crippen LogP contribution in [0.15, 0.2) is 24.3 Å². The van der Waals surface area contributed by atoms with Crippen LogP contribution in [0.25, 0.3) is 0 Å². The number of urea groups is 1. The summed E-state index contributed by atoms with van der Waals surface area (Å²) in [7, 11) is 0. The van der Waals surface area contributed by atoms with Gasteiger partial charge >= 0.3 is 6.03 Å². The second-order valence-electron chi connectivity index (χ2n) is 4.02. The van der Waals surface area contributed by atoms with Crippen molar-refractivity contribution in [2.45, 2.75) is 6.42 Å².